The lowest BCUT2D eigenvalue weighted by Crippen LogP contribution is -2.36. The van der Waals surface area contributed by atoms with Gasteiger partial charge in [0, 0.05) is 24.7 Å². The van der Waals surface area contributed by atoms with Gasteiger partial charge in [-0.2, -0.15) is 13.2 Å². The van der Waals surface area contributed by atoms with E-state index < -0.39 is 28.9 Å². The van der Waals surface area contributed by atoms with E-state index in [9.17, 15) is 27.6 Å². The molecule has 0 aliphatic carbocycles. The van der Waals surface area contributed by atoms with Crippen LogP contribution >= 0.6 is 0 Å². The van der Waals surface area contributed by atoms with Crippen LogP contribution in [0.1, 0.15) is 23.2 Å². The summed E-state index contributed by atoms with van der Waals surface area (Å²) in [4.78, 5) is 37.9. The molecule has 134 valence electrons. The van der Waals surface area contributed by atoms with Gasteiger partial charge in [-0.25, -0.2) is 4.79 Å². The van der Waals surface area contributed by atoms with Crippen LogP contribution in [-0.2, 0) is 24.4 Å². The van der Waals surface area contributed by atoms with E-state index in [1.807, 2.05) is 0 Å². The number of amides is 1. The van der Waals surface area contributed by atoms with Gasteiger partial charge in [0.05, 0.1) is 11.3 Å². The van der Waals surface area contributed by atoms with Crippen molar-refractivity contribution < 1.29 is 18.0 Å². The van der Waals surface area contributed by atoms with Crippen molar-refractivity contribution in [3.8, 4) is 0 Å². The van der Waals surface area contributed by atoms with Gasteiger partial charge in [-0.1, -0.05) is 12.1 Å². The van der Waals surface area contributed by atoms with Gasteiger partial charge in [0.15, 0.2) is 0 Å². The first-order valence-corrected chi connectivity index (χ1v) is 7.36. The van der Waals surface area contributed by atoms with Crippen molar-refractivity contribution in [1.82, 2.24) is 9.55 Å². The standard InChI is InChI=1S/C16H16F3N3O3/c1-9-10(14(24)22(2)15(25)20-9)7-8-13(23)21-12-6-4-3-5-11(12)16(17,18)19/h3-6H,7-8H2,1-2H3,(H,20,25)(H,21,23). The highest BCUT2D eigenvalue weighted by Gasteiger charge is 2.33. The quantitative estimate of drug-likeness (QED) is 0.880. The normalized spacial score (nSPS) is 11.4. The first-order chi connectivity index (χ1) is 11.6. The average molecular weight is 355 g/mol. The molecule has 0 aliphatic rings. The Bertz CT molecular complexity index is 913. The average Bonchev–Trinajstić information content (AvgIpc) is 2.52. The van der Waals surface area contributed by atoms with E-state index in [1.165, 1.54) is 26.1 Å². The predicted molar refractivity (Wildman–Crippen MR) is 85.4 cm³/mol. The molecule has 2 N–H and O–H groups in total. The number of hydrogen-bond acceptors (Lipinski definition) is 3. The molecular formula is C16H16F3N3O3. The minimum atomic E-state index is -4.59. The van der Waals surface area contributed by atoms with Crippen molar-refractivity contribution in [3.63, 3.8) is 0 Å². The third kappa shape index (κ3) is 4.17. The third-order valence-electron chi connectivity index (χ3n) is 3.72. The van der Waals surface area contributed by atoms with Crippen molar-refractivity contribution in [2.24, 2.45) is 7.05 Å². The van der Waals surface area contributed by atoms with Gasteiger partial charge in [-0.05, 0) is 25.5 Å². The Kier molecular flexibility index (Phi) is 5.15. The molecule has 0 fully saturated rings. The van der Waals surface area contributed by atoms with Gasteiger partial charge in [-0.15, -0.1) is 0 Å². The molecule has 1 aromatic carbocycles. The number of nitrogens with one attached hydrogen (secondary N) is 2. The van der Waals surface area contributed by atoms with E-state index in [4.69, 9.17) is 0 Å². The molecule has 25 heavy (non-hydrogen) atoms. The van der Waals surface area contributed by atoms with Gasteiger partial charge in [0.2, 0.25) is 5.91 Å². The maximum absolute atomic E-state index is 12.9. The van der Waals surface area contributed by atoms with Crippen molar-refractivity contribution >= 4 is 11.6 Å². The summed E-state index contributed by atoms with van der Waals surface area (Å²) in [6, 6.07) is 4.64. The molecule has 0 atom stereocenters. The lowest BCUT2D eigenvalue weighted by atomic mass is 10.1. The van der Waals surface area contributed by atoms with Gasteiger partial charge in [0.25, 0.3) is 5.56 Å². The molecule has 0 aliphatic heterocycles. The summed E-state index contributed by atoms with van der Waals surface area (Å²) in [5.74, 6) is -0.663. The molecule has 9 heteroatoms. The van der Waals surface area contributed by atoms with Crippen LogP contribution in [0.3, 0.4) is 0 Å². The second-order valence-corrected chi connectivity index (χ2v) is 5.49. The Labute approximate surface area is 140 Å². The highest BCUT2D eigenvalue weighted by Crippen LogP contribution is 2.34. The van der Waals surface area contributed by atoms with Crippen LogP contribution in [0.15, 0.2) is 33.9 Å². The molecule has 1 amide bonds. The number of aromatic amines is 1. The van der Waals surface area contributed by atoms with Crippen LogP contribution in [-0.4, -0.2) is 15.5 Å². The predicted octanol–water partition coefficient (Wildman–Crippen LogP) is 1.97. The van der Waals surface area contributed by atoms with Crippen molar-refractivity contribution in [3.05, 3.63) is 61.9 Å². The van der Waals surface area contributed by atoms with Crippen LogP contribution in [0, 0.1) is 6.92 Å². The molecule has 2 aromatic rings. The summed E-state index contributed by atoms with van der Waals surface area (Å²) in [5, 5.41) is 2.21. The van der Waals surface area contributed by atoms with Crippen LogP contribution in [0.25, 0.3) is 0 Å². The summed E-state index contributed by atoms with van der Waals surface area (Å²) in [5.41, 5.74) is -1.83. The smallest absolute Gasteiger partial charge is 0.325 e. The zero-order valence-electron chi connectivity index (χ0n) is 13.5. The van der Waals surface area contributed by atoms with Crippen LogP contribution in [0.4, 0.5) is 18.9 Å². The van der Waals surface area contributed by atoms with E-state index in [0.717, 1.165) is 16.7 Å². The number of nitrogens with zero attached hydrogens (tertiary/aromatic N) is 1. The third-order valence-corrected chi connectivity index (χ3v) is 3.72. The number of para-hydroxylation sites is 1. The molecule has 0 unspecified atom stereocenters. The summed E-state index contributed by atoms with van der Waals surface area (Å²) < 4.78 is 39.6. The molecule has 1 aromatic heterocycles. The van der Waals surface area contributed by atoms with Crippen molar-refractivity contribution in [1.29, 1.82) is 0 Å². The number of aryl methyl sites for hydroxylation is 1. The molecule has 0 bridgehead atoms. The molecule has 6 nitrogen and oxygen atoms in total. The number of carbonyl (C=O) groups is 1. The lowest BCUT2D eigenvalue weighted by Gasteiger charge is -2.13. The first-order valence-electron chi connectivity index (χ1n) is 7.36. The number of benzene rings is 1. The van der Waals surface area contributed by atoms with Gasteiger partial charge >= 0.3 is 11.9 Å². The number of aromatic nitrogens is 2. The van der Waals surface area contributed by atoms with Gasteiger partial charge in [-0.3, -0.25) is 14.2 Å². The van der Waals surface area contributed by atoms with E-state index >= 15 is 0 Å². The highest BCUT2D eigenvalue weighted by atomic mass is 19.4. The Balaban J connectivity index is 2.15. The minimum Gasteiger partial charge on any atom is -0.325 e. The van der Waals surface area contributed by atoms with Gasteiger partial charge < -0.3 is 10.3 Å². The second-order valence-electron chi connectivity index (χ2n) is 5.49. The van der Waals surface area contributed by atoms with Crippen molar-refractivity contribution in [2.45, 2.75) is 25.9 Å². The molecule has 0 saturated heterocycles. The number of H-pyrrole nitrogens is 1. The van der Waals surface area contributed by atoms with Crippen LogP contribution < -0.4 is 16.6 Å². The van der Waals surface area contributed by atoms with Crippen LogP contribution in [0.5, 0.6) is 0 Å². The Morgan fingerprint density at radius 1 is 1.24 bits per heavy atom. The maximum Gasteiger partial charge on any atom is 0.418 e. The lowest BCUT2D eigenvalue weighted by molar-refractivity contribution is -0.137. The van der Waals surface area contributed by atoms with E-state index in [-0.39, 0.29) is 24.1 Å². The fraction of sp³-hybridized carbons (Fsp3) is 0.312. The molecular weight excluding hydrogens is 339 g/mol. The van der Waals surface area contributed by atoms with E-state index in [2.05, 4.69) is 10.3 Å². The fourth-order valence-corrected chi connectivity index (χ4v) is 2.36. The maximum atomic E-state index is 12.9. The van der Waals surface area contributed by atoms with Gasteiger partial charge in [0.1, 0.15) is 0 Å². The summed E-state index contributed by atoms with van der Waals surface area (Å²) in [6.45, 7) is 1.52. The summed E-state index contributed by atoms with van der Waals surface area (Å²) in [6.07, 6.45) is -4.79. The molecule has 0 saturated carbocycles. The molecule has 2 rings (SSSR count). The SMILES string of the molecule is Cc1[nH]c(=O)n(C)c(=O)c1CCC(=O)Nc1ccccc1C(F)(F)F. The Morgan fingerprint density at radius 2 is 1.88 bits per heavy atom. The number of rotatable bonds is 4. The largest absolute Gasteiger partial charge is 0.418 e. The zero-order valence-corrected chi connectivity index (χ0v) is 13.5. The number of halogens is 3. The number of alkyl halides is 3. The highest BCUT2D eigenvalue weighted by molar-refractivity contribution is 5.91. The molecule has 1 heterocycles. The molecule has 0 radical (unpaired) electrons. The Morgan fingerprint density at radius 3 is 2.52 bits per heavy atom. The summed E-state index contributed by atoms with van der Waals surface area (Å²) in [7, 11) is 1.30. The minimum absolute atomic E-state index is 0.00466. The first kappa shape index (κ1) is 18.5. The fourth-order valence-electron chi connectivity index (χ4n) is 2.36. The number of anilines is 1. The Hall–Kier alpha value is -2.84. The van der Waals surface area contributed by atoms with Crippen LogP contribution in [0.2, 0.25) is 0 Å². The number of carbonyl (C=O) groups excluding carboxylic acids is 1. The second kappa shape index (κ2) is 6.96. The monoisotopic (exact) mass is 355 g/mol. The van der Waals surface area contributed by atoms with E-state index in [1.54, 1.807) is 0 Å². The van der Waals surface area contributed by atoms with E-state index in [0.29, 0.717) is 5.69 Å². The molecule has 0 spiro atoms. The zero-order chi connectivity index (χ0) is 18.8. The number of hydrogen-bond donors (Lipinski definition) is 2. The summed E-state index contributed by atoms with van der Waals surface area (Å²) >= 11 is 0. The topological polar surface area (TPSA) is 84.0 Å². The van der Waals surface area contributed by atoms with Crippen molar-refractivity contribution in [2.75, 3.05) is 5.32 Å².